The smallest absolute Gasteiger partial charge is 0.228 e. The van der Waals surface area contributed by atoms with Crippen LogP contribution in [-0.2, 0) is 29.0 Å². The second-order valence-electron chi connectivity index (χ2n) is 7.37. The fraction of sp³-hybridized carbons (Fsp3) is 0.200. The molecule has 0 spiro atoms. The summed E-state index contributed by atoms with van der Waals surface area (Å²) in [5.74, 6) is 1.56. The van der Waals surface area contributed by atoms with E-state index in [1.807, 2.05) is 66.7 Å². The molecule has 3 aromatic carbocycles. The zero-order chi connectivity index (χ0) is 20.8. The third kappa shape index (κ3) is 5.06. The van der Waals surface area contributed by atoms with Crippen LogP contribution in [0.25, 0.3) is 0 Å². The van der Waals surface area contributed by atoms with Crippen LogP contribution in [0, 0.1) is 0 Å². The molecule has 30 heavy (non-hydrogen) atoms. The lowest BCUT2D eigenvalue weighted by molar-refractivity contribution is -0.121. The summed E-state index contributed by atoms with van der Waals surface area (Å²) in [6, 6.07) is 23.3. The molecule has 0 aromatic heterocycles. The number of fused-ring (bicyclic) bond motifs is 1. The molecular formula is C25H24N2O3. The van der Waals surface area contributed by atoms with Gasteiger partial charge in [0.25, 0.3) is 0 Å². The van der Waals surface area contributed by atoms with Gasteiger partial charge in [-0.1, -0.05) is 48.5 Å². The zero-order valence-corrected chi connectivity index (χ0v) is 16.7. The van der Waals surface area contributed by atoms with E-state index in [4.69, 9.17) is 4.74 Å². The van der Waals surface area contributed by atoms with Crippen LogP contribution in [0.2, 0.25) is 0 Å². The SMILES string of the molecule is O=C(CCCc1ccc2c(c1)CC(=O)N2)NCc1ccccc1Oc1ccccc1. The van der Waals surface area contributed by atoms with E-state index in [0.29, 0.717) is 19.4 Å². The number of amides is 2. The van der Waals surface area contributed by atoms with Crippen molar-refractivity contribution in [2.24, 2.45) is 0 Å². The maximum atomic E-state index is 12.3. The number of para-hydroxylation sites is 2. The lowest BCUT2D eigenvalue weighted by atomic mass is 10.0. The molecule has 5 heteroatoms. The number of nitrogens with one attached hydrogen (secondary N) is 2. The Morgan fingerprint density at radius 2 is 1.80 bits per heavy atom. The number of hydrogen-bond acceptors (Lipinski definition) is 3. The number of rotatable bonds is 8. The fourth-order valence-electron chi connectivity index (χ4n) is 3.54. The molecule has 0 unspecified atom stereocenters. The van der Waals surface area contributed by atoms with Crippen LogP contribution < -0.4 is 15.4 Å². The number of ether oxygens (including phenoxy) is 1. The first kappa shape index (κ1) is 19.7. The van der Waals surface area contributed by atoms with Gasteiger partial charge in [-0.25, -0.2) is 0 Å². The average Bonchev–Trinajstić information content (AvgIpc) is 3.13. The Hall–Kier alpha value is -3.60. The van der Waals surface area contributed by atoms with Crippen LogP contribution >= 0.6 is 0 Å². The van der Waals surface area contributed by atoms with Crippen LogP contribution in [0.3, 0.4) is 0 Å². The van der Waals surface area contributed by atoms with Gasteiger partial charge in [-0.2, -0.15) is 0 Å². The standard InChI is InChI=1S/C25H24N2O3/c28-24(12-6-7-18-13-14-22-20(15-18)16-25(29)27-22)26-17-19-8-4-5-11-23(19)30-21-9-2-1-3-10-21/h1-5,8-11,13-15H,6-7,12,16-17H2,(H,26,28)(H,27,29). The average molecular weight is 400 g/mol. The van der Waals surface area contributed by atoms with Crippen molar-refractivity contribution in [1.29, 1.82) is 0 Å². The highest BCUT2D eigenvalue weighted by Crippen LogP contribution is 2.26. The van der Waals surface area contributed by atoms with Crippen LogP contribution in [0.1, 0.15) is 29.5 Å². The quantitative estimate of drug-likeness (QED) is 0.580. The lowest BCUT2D eigenvalue weighted by Crippen LogP contribution is -2.22. The van der Waals surface area contributed by atoms with Gasteiger partial charge in [0.1, 0.15) is 11.5 Å². The number of aryl methyl sites for hydroxylation is 1. The normalized spacial score (nSPS) is 12.2. The molecular weight excluding hydrogens is 376 g/mol. The highest BCUT2D eigenvalue weighted by Gasteiger charge is 2.17. The summed E-state index contributed by atoms with van der Waals surface area (Å²) >= 11 is 0. The van der Waals surface area contributed by atoms with Gasteiger partial charge in [0.05, 0.1) is 6.42 Å². The molecule has 0 aliphatic carbocycles. The Bertz CT molecular complexity index is 1050. The van der Waals surface area contributed by atoms with E-state index in [2.05, 4.69) is 16.7 Å². The highest BCUT2D eigenvalue weighted by atomic mass is 16.5. The zero-order valence-electron chi connectivity index (χ0n) is 16.7. The third-order valence-electron chi connectivity index (χ3n) is 5.08. The molecule has 1 aliphatic heterocycles. The van der Waals surface area contributed by atoms with Crippen molar-refractivity contribution in [1.82, 2.24) is 5.32 Å². The van der Waals surface area contributed by atoms with Gasteiger partial charge in [-0.3, -0.25) is 9.59 Å². The third-order valence-corrected chi connectivity index (χ3v) is 5.08. The molecule has 1 aliphatic rings. The molecule has 1 heterocycles. The largest absolute Gasteiger partial charge is 0.457 e. The minimum Gasteiger partial charge on any atom is -0.457 e. The van der Waals surface area contributed by atoms with Crippen molar-refractivity contribution in [3.05, 3.63) is 89.5 Å². The number of benzene rings is 3. The summed E-state index contributed by atoms with van der Waals surface area (Å²) < 4.78 is 5.94. The maximum Gasteiger partial charge on any atom is 0.228 e. The molecule has 152 valence electrons. The fourth-order valence-corrected chi connectivity index (χ4v) is 3.54. The number of anilines is 1. The van der Waals surface area contributed by atoms with Crippen molar-refractivity contribution in [3.63, 3.8) is 0 Å². The Labute approximate surface area is 176 Å². The molecule has 0 radical (unpaired) electrons. The first-order chi connectivity index (χ1) is 14.7. The Balaban J connectivity index is 1.26. The summed E-state index contributed by atoms with van der Waals surface area (Å²) in [5.41, 5.74) is 4.03. The molecule has 0 atom stereocenters. The van der Waals surface area contributed by atoms with E-state index in [1.165, 1.54) is 0 Å². The van der Waals surface area contributed by atoms with E-state index in [-0.39, 0.29) is 11.8 Å². The van der Waals surface area contributed by atoms with E-state index in [9.17, 15) is 9.59 Å². The predicted octanol–water partition coefficient (Wildman–Crippen LogP) is 4.61. The lowest BCUT2D eigenvalue weighted by Gasteiger charge is -2.12. The number of carbonyl (C=O) groups is 2. The van der Waals surface area contributed by atoms with Crippen molar-refractivity contribution in [2.45, 2.75) is 32.2 Å². The monoisotopic (exact) mass is 400 g/mol. The molecule has 0 saturated heterocycles. The van der Waals surface area contributed by atoms with Crippen molar-refractivity contribution < 1.29 is 14.3 Å². The van der Waals surface area contributed by atoms with Crippen LogP contribution in [0.15, 0.2) is 72.8 Å². The van der Waals surface area contributed by atoms with Crippen molar-refractivity contribution >= 4 is 17.5 Å². The highest BCUT2D eigenvalue weighted by molar-refractivity contribution is 5.99. The van der Waals surface area contributed by atoms with E-state index in [0.717, 1.165) is 46.7 Å². The van der Waals surface area contributed by atoms with Gasteiger partial charge in [-0.05, 0) is 48.2 Å². The first-order valence-corrected chi connectivity index (χ1v) is 10.2. The number of carbonyl (C=O) groups excluding carboxylic acids is 2. The van der Waals surface area contributed by atoms with Crippen molar-refractivity contribution in [3.8, 4) is 11.5 Å². The second kappa shape index (κ2) is 9.27. The summed E-state index contributed by atoms with van der Waals surface area (Å²) in [6.45, 7) is 0.425. The van der Waals surface area contributed by atoms with Gasteiger partial charge in [0, 0.05) is 24.2 Å². The summed E-state index contributed by atoms with van der Waals surface area (Å²) in [6.07, 6.45) is 2.46. The Morgan fingerprint density at radius 1 is 1.00 bits per heavy atom. The van der Waals surface area contributed by atoms with E-state index in [1.54, 1.807) is 0 Å². The summed E-state index contributed by atoms with van der Waals surface area (Å²) in [7, 11) is 0. The maximum absolute atomic E-state index is 12.3. The summed E-state index contributed by atoms with van der Waals surface area (Å²) in [5, 5.41) is 5.82. The predicted molar refractivity (Wildman–Crippen MR) is 117 cm³/mol. The molecule has 4 rings (SSSR count). The van der Waals surface area contributed by atoms with Gasteiger partial charge in [0.2, 0.25) is 11.8 Å². The van der Waals surface area contributed by atoms with Crippen LogP contribution in [0.5, 0.6) is 11.5 Å². The molecule has 5 nitrogen and oxygen atoms in total. The molecule has 0 bridgehead atoms. The Kier molecular flexibility index (Phi) is 6.09. The van der Waals surface area contributed by atoms with Gasteiger partial charge >= 0.3 is 0 Å². The molecule has 0 fully saturated rings. The topological polar surface area (TPSA) is 67.4 Å². The molecule has 2 N–H and O–H groups in total. The Morgan fingerprint density at radius 3 is 2.67 bits per heavy atom. The summed E-state index contributed by atoms with van der Waals surface area (Å²) in [4.78, 5) is 23.8. The van der Waals surface area contributed by atoms with Crippen LogP contribution in [0.4, 0.5) is 5.69 Å². The molecule has 2 amide bonds. The van der Waals surface area contributed by atoms with Crippen LogP contribution in [-0.4, -0.2) is 11.8 Å². The van der Waals surface area contributed by atoms with E-state index >= 15 is 0 Å². The van der Waals surface area contributed by atoms with Gasteiger partial charge in [-0.15, -0.1) is 0 Å². The minimum atomic E-state index is 0.0162. The molecule has 0 saturated carbocycles. The van der Waals surface area contributed by atoms with Crippen molar-refractivity contribution in [2.75, 3.05) is 5.32 Å². The van der Waals surface area contributed by atoms with Gasteiger partial charge < -0.3 is 15.4 Å². The molecule has 3 aromatic rings. The van der Waals surface area contributed by atoms with E-state index < -0.39 is 0 Å². The second-order valence-corrected chi connectivity index (χ2v) is 7.37. The number of hydrogen-bond donors (Lipinski definition) is 2. The van der Waals surface area contributed by atoms with Gasteiger partial charge in [0.15, 0.2) is 0 Å². The first-order valence-electron chi connectivity index (χ1n) is 10.2. The minimum absolute atomic E-state index is 0.0162.